The fraction of sp³-hybridized carbons (Fsp3) is 0.217. The van der Waals surface area contributed by atoms with Gasteiger partial charge in [0.25, 0.3) is 5.91 Å². The Hall–Kier alpha value is -4.05. The van der Waals surface area contributed by atoms with Gasteiger partial charge in [-0.3, -0.25) is 14.6 Å². The summed E-state index contributed by atoms with van der Waals surface area (Å²) in [6.07, 6.45) is 5.80. The van der Waals surface area contributed by atoms with E-state index in [1.165, 1.54) is 12.1 Å². The molecule has 170 valence electrons. The van der Waals surface area contributed by atoms with E-state index in [0.29, 0.717) is 43.1 Å². The van der Waals surface area contributed by atoms with Crippen molar-refractivity contribution in [2.45, 2.75) is 19.5 Å². The maximum atomic E-state index is 13.5. The number of hydrogen-bond donors (Lipinski definition) is 4. The first-order valence-electron chi connectivity index (χ1n) is 10.6. The van der Waals surface area contributed by atoms with E-state index < -0.39 is 0 Å². The van der Waals surface area contributed by atoms with Crippen LogP contribution >= 0.6 is 0 Å². The number of nitrogens with zero attached hydrogens (tertiary/aromatic N) is 4. The fourth-order valence-corrected chi connectivity index (χ4v) is 3.37. The van der Waals surface area contributed by atoms with Gasteiger partial charge in [-0.25, -0.2) is 9.37 Å². The molecule has 0 fully saturated rings. The normalized spacial score (nSPS) is 10.8. The van der Waals surface area contributed by atoms with Crippen molar-refractivity contribution in [3.05, 3.63) is 83.7 Å². The molecule has 10 heteroatoms. The zero-order valence-corrected chi connectivity index (χ0v) is 18.0. The fourth-order valence-electron chi connectivity index (χ4n) is 3.37. The lowest BCUT2D eigenvalue weighted by Crippen LogP contribution is -2.25. The number of carbonyl (C=O) groups is 1. The number of aromatic amines is 1. The molecule has 9 nitrogen and oxygen atoms in total. The van der Waals surface area contributed by atoms with E-state index in [1.54, 1.807) is 35.3 Å². The van der Waals surface area contributed by atoms with Gasteiger partial charge in [0, 0.05) is 31.0 Å². The van der Waals surface area contributed by atoms with E-state index in [4.69, 9.17) is 5.73 Å². The highest BCUT2D eigenvalue weighted by atomic mass is 19.1. The van der Waals surface area contributed by atoms with Crippen molar-refractivity contribution in [3.63, 3.8) is 0 Å². The Morgan fingerprint density at radius 2 is 2.12 bits per heavy atom. The molecule has 3 aromatic heterocycles. The Kier molecular flexibility index (Phi) is 7.06. The van der Waals surface area contributed by atoms with E-state index in [1.807, 2.05) is 18.3 Å². The zero-order valence-electron chi connectivity index (χ0n) is 18.0. The Morgan fingerprint density at radius 3 is 2.91 bits per heavy atom. The van der Waals surface area contributed by atoms with Crippen molar-refractivity contribution in [1.29, 1.82) is 0 Å². The molecule has 0 aliphatic heterocycles. The number of rotatable bonds is 10. The number of benzene rings is 1. The second-order valence-electron chi connectivity index (χ2n) is 7.43. The van der Waals surface area contributed by atoms with E-state index in [-0.39, 0.29) is 18.3 Å². The number of pyridine rings is 1. The summed E-state index contributed by atoms with van der Waals surface area (Å²) >= 11 is 0. The molecule has 0 aliphatic rings. The molecular weight excluding hydrogens is 423 g/mol. The SMILES string of the molecule is NCCn1ccc(CNC(=O)c2ccc(-c3cn[nH]c3)nc2NCCc2cccc(F)c2)n1. The highest BCUT2D eigenvalue weighted by molar-refractivity contribution is 5.99. The quantitative estimate of drug-likeness (QED) is 0.295. The largest absolute Gasteiger partial charge is 0.369 e. The van der Waals surface area contributed by atoms with Crippen LogP contribution in [-0.2, 0) is 19.5 Å². The summed E-state index contributed by atoms with van der Waals surface area (Å²) < 4.78 is 15.2. The molecule has 0 bridgehead atoms. The molecule has 5 N–H and O–H groups in total. The van der Waals surface area contributed by atoms with Crippen LogP contribution in [0.25, 0.3) is 11.3 Å². The Balaban J connectivity index is 1.48. The van der Waals surface area contributed by atoms with Crippen LogP contribution in [-0.4, -0.2) is 44.0 Å². The van der Waals surface area contributed by atoms with E-state index in [2.05, 4.69) is 30.9 Å². The van der Waals surface area contributed by atoms with Gasteiger partial charge in [-0.05, 0) is 42.3 Å². The van der Waals surface area contributed by atoms with Crippen LogP contribution in [0.4, 0.5) is 10.2 Å². The molecule has 0 unspecified atom stereocenters. The second kappa shape index (κ2) is 10.5. The summed E-state index contributed by atoms with van der Waals surface area (Å²) in [4.78, 5) is 17.6. The third kappa shape index (κ3) is 5.80. The zero-order chi connectivity index (χ0) is 23.0. The van der Waals surface area contributed by atoms with Crippen LogP contribution in [0.2, 0.25) is 0 Å². The number of amides is 1. The summed E-state index contributed by atoms with van der Waals surface area (Å²) in [7, 11) is 0. The number of carbonyl (C=O) groups excluding carboxylic acids is 1. The Bertz CT molecular complexity index is 1200. The number of hydrogen-bond acceptors (Lipinski definition) is 6. The molecule has 0 spiro atoms. The van der Waals surface area contributed by atoms with Gasteiger partial charge in [-0.1, -0.05) is 12.1 Å². The minimum atomic E-state index is -0.276. The topological polar surface area (TPSA) is 127 Å². The predicted octanol–water partition coefficient (Wildman–Crippen LogP) is 2.35. The van der Waals surface area contributed by atoms with Gasteiger partial charge < -0.3 is 16.4 Å². The lowest BCUT2D eigenvalue weighted by molar-refractivity contribution is 0.0951. The number of aromatic nitrogens is 5. The minimum absolute atomic E-state index is 0.275. The maximum Gasteiger partial charge on any atom is 0.255 e. The van der Waals surface area contributed by atoms with E-state index in [9.17, 15) is 9.18 Å². The average molecular weight is 449 g/mol. The third-order valence-electron chi connectivity index (χ3n) is 5.01. The molecule has 0 atom stereocenters. The van der Waals surface area contributed by atoms with Gasteiger partial charge in [0.05, 0.1) is 36.2 Å². The van der Waals surface area contributed by atoms with Gasteiger partial charge >= 0.3 is 0 Å². The average Bonchev–Trinajstić information content (AvgIpc) is 3.50. The van der Waals surface area contributed by atoms with Crippen LogP contribution in [0.1, 0.15) is 21.6 Å². The lowest BCUT2D eigenvalue weighted by atomic mass is 10.1. The summed E-state index contributed by atoms with van der Waals surface area (Å²) in [5.41, 5.74) is 9.02. The standard InChI is InChI=1S/C23H25FN8O/c24-18-3-1-2-16(12-18)6-9-26-22-20(4-5-21(30-22)17-13-28-29-14-17)23(33)27-15-19-7-10-32(31-19)11-8-25/h1-5,7,10,12-14H,6,8-9,11,15,25H2,(H,26,30)(H,27,33)(H,28,29). The highest BCUT2D eigenvalue weighted by Gasteiger charge is 2.15. The molecule has 33 heavy (non-hydrogen) atoms. The van der Waals surface area contributed by atoms with E-state index in [0.717, 1.165) is 16.8 Å². The first-order valence-corrected chi connectivity index (χ1v) is 10.6. The first kappa shape index (κ1) is 22.2. The third-order valence-corrected chi connectivity index (χ3v) is 5.01. The van der Waals surface area contributed by atoms with Crippen molar-refractivity contribution < 1.29 is 9.18 Å². The number of halogens is 1. The summed E-state index contributed by atoms with van der Waals surface area (Å²) in [5.74, 6) is -0.110. The molecule has 1 aromatic carbocycles. The van der Waals surface area contributed by atoms with Crippen molar-refractivity contribution in [3.8, 4) is 11.3 Å². The molecule has 0 saturated heterocycles. The van der Waals surface area contributed by atoms with Gasteiger partial charge in [-0.15, -0.1) is 0 Å². The van der Waals surface area contributed by atoms with Crippen molar-refractivity contribution in [1.82, 2.24) is 30.3 Å². The van der Waals surface area contributed by atoms with Crippen molar-refractivity contribution in [2.24, 2.45) is 5.73 Å². The predicted molar refractivity (Wildman–Crippen MR) is 123 cm³/mol. The van der Waals surface area contributed by atoms with Crippen LogP contribution < -0.4 is 16.4 Å². The molecule has 0 saturated carbocycles. The molecule has 0 aliphatic carbocycles. The van der Waals surface area contributed by atoms with Crippen molar-refractivity contribution in [2.75, 3.05) is 18.4 Å². The van der Waals surface area contributed by atoms with Crippen LogP contribution in [0, 0.1) is 5.82 Å². The number of anilines is 1. The van der Waals surface area contributed by atoms with Gasteiger partial charge in [0.15, 0.2) is 0 Å². The second-order valence-corrected chi connectivity index (χ2v) is 7.43. The first-order chi connectivity index (χ1) is 16.1. The van der Waals surface area contributed by atoms with Crippen molar-refractivity contribution >= 4 is 11.7 Å². The van der Waals surface area contributed by atoms with Gasteiger partial charge in [0.2, 0.25) is 0 Å². The Labute approximate surface area is 190 Å². The van der Waals surface area contributed by atoms with Gasteiger partial charge in [0.1, 0.15) is 11.6 Å². The molecule has 3 heterocycles. The monoisotopic (exact) mass is 448 g/mol. The lowest BCUT2D eigenvalue weighted by Gasteiger charge is -2.13. The van der Waals surface area contributed by atoms with Crippen LogP contribution in [0.15, 0.2) is 61.1 Å². The Morgan fingerprint density at radius 1 is 1.21 bits per heavy atom. The summed E-state index contributed by atoms with van der Waals surface area (Å²) in [6, 6.07) is 11.8. The number of H-pyrrole nitrogens is 1. The number of nitrogens with two attached hydrogens (primary N) is 1. The minimum Gasteiger partial charge on any atom is -0.369 e. The van der Waals surface area contributed by atoms with Crippen LogP contribution in [0.3, 0.4) is 0 Å². The van der Waals surface area contributed by atoms with Gasteiger partial charge in [-0.2, -0.15) is 10.2 Å². The molecule has 0 radical (unpaired) electrons. The van der Waals surface area contributed by atoms with Crippen LogP contribution in [0.5, 0.6) is 0 Å². The van der Waals surface area contributed by atoms with E-state index >= 15 is 0 Å². The maximum absolute atomic E-state index is 13.5. The molecule has 4 rings (SSSR count). The smallest absolute Gasteiger partial charge is 0.255 e. The number of nitrogens with one attached hydrogen (secondary N) is 3. The molecule has 4 aromatic rings. The highest BCUT2D eigenvalue weighted by Crippen LogP contribution is 2.21. The summed E-state index contributed by atoms with van der Waals surface area (Å²) in [5, 5.41) is 17.2. The summed E-state index contributed by atoms with van der Waals surface area (Å²) in [6.45, 7) is 1.87. The molecule has 1 amide bonds. The molecular formula is C23H25FN8O.